The summed E-state index contributed by atoms with van der Waals surface area (Å²) in [5.41, 5.74) is 1.15. The molecule has 3 nitrogen and oxygen atoms in total. The van der Waals surface area contributed by atoms with E-state index in [2.05, 4.69) is 21.2 Å². The Kier molecular flexibility index (Phi) is 5.16. The quantitative estimate of drug-likeness (QED) is 0.907. The molecule has 1 aromatic rings. The van der Waals surface area contributed by atoms with Gasteiger partial charge in [-0.2, -0.15) is 0 Å². The summed E-state index contributed by atoms with van der Waals surface area (Å²) in [7, 11) is -2.93. The fraction of sp³-hybridized carbons (Fsp3) is 0.500. The van der Waals surface area contributed by atoms with Gasteiger partial charge in [0.15, 0.2) is 0 Å². The molecule has 1 rings (SSSR count). The number of hydrogen-bond acceptors (Lipinski definition) is 3. The average Bonchev–Trinajstić information content (AvgIpc) is 2.15. The normalized spacial score (nSPS) is 15.5. The second-order valence-corrected chi connectivity index (χ2v) is 7.53. The van der Waals surface area contributed by atoms with E-state index in [1.54, 1.807) is 0 Å². The fourth-order valence-corrected chi connectivity index (χ4v) is 3.05. The summed E-state index contributed by atoms with van der Waals surface area (Å²) < 4.78 is 23.4. The zero-order chi connectivity index (χ0) is 13.1. The van der Waals surface area contributed by atoms with Crippen molar-refractivity contribution in [3.8, 4) is 0 Å². The minimum atomic E-state index is -2.93. The third-order valence-corrected chi connectivity index (χ3v) is 4.09. The van der Waals surface area contributed by atoms with Gasteiger partial charge in [-0.15, -0.1) is 0 Å². The van der Waals surface area contributed by atoms with E-state index in [0.29, 0.717) is 0 Å². The van der Waals surface area contributed by atoms with E-state index in [1.165, 1.54) is 6.26 Å². The molecule has 1 aromatic carbocycles. The number of hydrogen-bond donors (Lipinski definition) is 1. The molecule has 0 heterocycles. The Labute approximate surface area is 112 Å². The van der Waals surface area contributed by atoms with Crippen molar-refractivity contribution < 1.29 is 8.42 Å². The Bertz CT molecular complexity index is 456. The first kappa shape index (κ1) is 14.7. The minimum absolute atomic E-state index is 0.0522. The number of halogens is 1. The highest BCUT2D eigenvalue weighted by Gasteiger charge is 2.13. The predicted molar refractivity (Wildman–Crippen MR) is 74.9 cm³/mol. The van der Waals surface area contributed by atoms with Crippen molar-refractivity contribution in [1.82, 2.24) is 5.32 Å². The Hall–Kier alpha value is -0.390. The van der Waals surface area contributed by atoms with Gasteiger partial charge in [-0.05, 0) is 31.5 Å². The van der Waals surface area contributed by atoms with E-state index < -0.39 is 9.84 Å². The molecule has 2 unspecified atom stereocenters. The maximum atomic E-state index is 11.2. The SMILES string of the molecule is CC(CS(C)(=O)=O)NC(C)c1ccc(Br)cc1. The zero-order valence-corrected chi connectivity index (χ0v) is 12.7. The third-order valence-electron chi connectivity index (χ3n) is 2.46. The highest BCUT2D eigenvalue weighted by atomic mass is 79.9. The van der Waals surface area contributed by atoms with Crippen molar-refractivity contribution in [3.63, 3.8) is 0 Å². The molecule has 0 aromatic heterocycles. The van der Waals surface area contributed by atoms with Crippen LogP contribution in [0.25, 0.3) is 0 Å². The summed E-state index contributed by atoms with van der Waals surface area (Å²) in [6.07, 6.45) is 1.26. The lowest BCUT2D eigenvalue weighted by Gasteiger charge is -2.19. The largest absolute Gasteiger partial charge is 0.307 e. The molecule has 0 saturated heterocycles. The van der Waals surface area contributed by atoms with E-state index in [9.17, 15) is 8.42 Å². The van der Waals surface area contributed by atoms with Crippen LogP contribution in [0.1, 0.15) is 25.5 Å². The summed E-state index contributed by atoms with van der Waals surface area (Å²) >= 11 is 3.39. The van der Waals surface area contributed by atoms with Gasteiger partial charge in [0.05, 0.1) is 5.75 Å². The molecule has 0 spiro atoms. The summed E-state index contributed by atoms with van der Waals surface area (Å²) in [4.78, 5) is 0. The molecule has 1 N–H and O–H groups in total. The van der Waals surface area contributed by atoms with Gasteiger partial charge in [0.2, 0.25) is 0 Å². The Balaban J connectivity index is 2.60. The lowest BCUT2D eigenvalue weighted by atomic mass is 10.1. The van der Waals surface area contributed by atoms with E-state index in [4.69, 9.17) is 0 Å². The summed E-state index contributed by atoms with van der Waals surface area (Å²) in [6.45, 7) is 3.92. The molecule has 0 aliphatic heterocycles. The summed E-state index contributed by atoms with van der Waals surface area (Å²) in [5, 5.41) is 3.28. The summed E-state index contributed by atoms with van der Waals surface area (Å²) in [6, 6.07) is 8.09. The lowest BCUT2D eigenvalue weighted by Crippen LogP contribution is -2.34. The van der Waals surface area contributed by atoms with Gasteiger partial charge in [0.1, 0.15) is 9.84 Å². The number of benzene rings is 1. The maximum absolute atomic E-state index is 11.2. The van der Waals surface area contributed by atoms with Crippen molar-refractivity contribution in [2.75, 3.05) is 12.0 Å². The number of rotatable bonds is 5. The molecule has 0 aliphatic rings. The maximum Gasteiger partial charge on any atom is 0.148 e. The van der Waals surface area contributed by atoms with Crippen LogP contribution in [-0.4, -0.2) is 26.5 Å². The van der Waals surface area contributed by atoms with Gasteiger partial charge in [-0.25, -0.2) is 8.42 Å². The molecule has 0 saturated carbocycles. The molecular weight excluding hydrogens is 302 g/mol. The molecule has 0 amide bonds. The molecule has 17 heavy (non-hydrogen) atoms. The Morgan fingerprint density at radius 1 is 1.24 bits per heavy atom. The molecular formula is C12H18BrNO2S. The highest BCUT2D eigenvalue weighted by Crippen LogP contribution is 2.17. The van der Waals surface area contributed by atoms with Crippen LogP contribution in [0.15, 0.2) is 28.7 Å². The smallest absolute Gasteiger partial charge is 0.148 e. The topological polar surface area (TPSA) is 46.2 Å². The molecule has 5 heteroatoms. The first-order chi connectivity index (χ1) is 7.78. The minimum Gasteiger partial charge on any atom is -0.307 e. The van der Waals surface area contributed by atoms with E-state index in [-0.39, 0.29) is 17.8 Å². The van der Waals surface area contributed by atoms with Crippen molar-refractivity contribution >= 4 is 25.8 Å². The standard InChI is InChI=1S/C12H18BrNO2S/c1-9(8-17(3,15)16)14-10(2)11-4-6-12(13)7-5-11/h4-7,9-10,14H,8H2,1-3H3. The highest BCUT2D eigenvalue weighted by molar-refractivity contribution is 9.10. The van der Waals surface area contributed by atoms with Crippen molar-refractivity contribution in [3.05, 3.63) is 34.3 Å². The zero-order valence-electron chi connectivity index (χ0n) is 10.3. The fourth-order valence-electron chi connectivity index (χ4n) is 1.78. The number of sulfone groups is 1. The van der Waals surface area contributed by atoms with E-state index >= 15 is 0 Å². The van der Waals surface area contributed by atoms with Gasteiger partial charge in [0.25, 0.3) is 0 Å². The van der Waals surface area contributed by atoms with Crippen LogP contribution in [-0.2, 0) is 9.84 Å². The summed E-state index contributed by atoms with van der Waals surface area (Å²) in [5.74, 6) is 0.161. The van der Waals surface area contributed by atoms with Crippen LogP contribution >= 0.6 is 15.9 Å². The van der Waals surface area contributed by atoms with Gasteiger partial charge in [-0.1, -0.05) is 28.1 Å². The van der Waals surface area contributed by atoms with Gasteiger partial charge in [0, 0.05) is 22.8 Å². The second kappa shape index (κ2) is 5.98. The van der Waals surface area contributed by atoms with Crippen LogP contribution in [0, 0.1) is 0 Å². The Morgan fingerprint density at radius 3 is 2.24 bits per heavy atom. The van der Waals surface area contributed by atoms with Gasteiger partial charge in [-0.3, -0.25) is 0 Å². The van der Waals surface area contributed by atoms with Crippen molar-refractivity contribution in [2.45, 2.75) is 25.9 Å². The lowest BCUT2D eigenvalue weighted by molar-refractivity contribution is 0.500. The van der Waals surface area contributed by atoms with Crippen LogP contribution < -0.4 is 5.32 Å². The first-order valence-electron chi connectivity index (χ1n) is 5.47. The van der Waals surface area contributed by atoms with E-state index in [1.807, 2.05) is 38.1 Å². The molecule has 2 atom stereocenters. The van der Waals surface area contributed by atoms with E-state index in [0.717, 1.165) is 10.0 Å². The van der Waals surface area contributed by atoms with Gasteiger partial charge < -0.3 is 5.32 Å². The first-order valence-corrected chi connectivity index (χ1v) is 8.32. The number of nitrogens with one attached hydrogen (secondary N) is 1. The predicted octanol–water partition coefficient (Wildman–Crippen LogP) is 2.53. The monoisotopic (exact) mass is 319 g/mol. The molecule has 0 radical (unpaired) electrons. The molecule has 0 aliphatic carbocycles. The average molecular weight is 320 g/mol. The third kappa shape index (κ3) is 5.66. The molecule has 0 bridgehead atoms. The van der Waals surface area contributed by atoms with Crippen LogP contribution in [0.5, 0.6) is 0 Å². The Morgan fingerprint density at radius 2 is 1.76 bits per heavy atom. The second-order valence-electron chi connectivity index (χ2n) is 4.43. The van der Waals surface area contributed by atoms with Gasteiger partial charge >= 0.3 is 0 Å². The van der Waals surface area contributed by atoms with Crippen LogP contribution in [0.2, 0.25) is 0 Å². The van der Waals surface area contributed by atoms with Crippen LogP contribution in [0.4, 0.5) is 0 Å². The van der Waals surface area contributed by atoms with Crippen molar-refractivity contribution in [1.29, 1.82) is 0 Å². The molecule has 96 valence electrons. The molecule has 0 fully saturated rings. The van der Waals surface area contributed by atoms with Crippen LogP contribution in [0.3, 0.4) is 0 Å². The van der Waals surface area contributed by atoms with Crippen molar-refractivity contribution in [2.24, 2.45) is 0 Å².